The lowest BCUT2D eigenvalue weighted by Gasteiger charge is -2.27. The molecule has 3 aromatic carbocycles. The normalized spacial score (nSPS) is 17.2. The molecular weight excluding hydrogens is 585 g/mol. The Hall–Kier alpha value is -4.81. The molecular formula is C31H26F5N5O3. The number of fused-ring (bicyclic) bond motifs is 1. The summed E-state index contributed by atoms with van der Waals surface area (Å²) in [6.07, 6.45) is -0.738. The molecule has 0 aliphatic heterocycles. The van der Waals surface area contributed by atoms with E-state index in [9.17, 15) is 18.0 Å². The van der Waals surface area contributed by atoms with Crippen LogP contribution in [-0.2, 0) is 11.3 Å². The summed E-state index contributed by atoms with van der Waals surface area (Å²) in [6, 6.07) is 14.7. The maximum absolute atomic E-state index is 15.6. The lowest BCUT2D eigenvalue weighted by molar-refractivity contribution is -0.142. The molecule has 5 aromatic rings. The molecule has 228 valence electrons. The van der Waals surface area contributed by atoms with Crippen molar-refractivity contribution in [2.24, 2.45) is 5.92 Å². The zero-order valence-corrected chi connectivity index (χ0v) is 23.1. The van der Waals surface area contributed by atoms with Gasteiger partial charge in [0, 0.05) is 18.1 Å². The number of hydrogen-bond acceptors (Lipinski definition) is 5. The van der Waals surface area contributed by atoms with Gasteiger partial charge in [0.25, 0.3) is 6.01 Å². The molecule has 6 rings (SSSR count). The number of aliphatic carboxylic acids is 1. The van der Waals surface area contributed by atoms with E-state index in [4.69, 9.17) is 9.84 Å². The number of nitrogens with one attached hydrogen (secondary N) is 1. The Bertz CT molecular complexity index is 1790. The van der Waals surface area contributed by atoms with E-state index in [0.29, 0.717) is 36.8 Å². The molecule has 8 nitrogen and oxygen atoms in total. The Labute approximate surface area is 247 Å². The average Bonchev–Trinajstić information content (AvgIpc) is 3.60. The smallest absolute Gasteiger partial charge is 0.408 e. The molecule has 1 saturated carbocycles. The van der Waals surface area contributed by atoms with Gasteiger partial charge in [-0.2, -0.15) is 23.3 Å². The first kappa shape index (κ1) is 29.3. The highest BCUT2D eigenvalue weighted by Crippen LogP contribution is 2.35. The number of alkyl halides is 3. The zero-order valence-electron chi connectivity index (χ0n) is 23.1. The largest absolute Gasteiger partial charge is 0.481 e. The third-order valence-corrected chi connectivity index (χ3v) is 7.71. The Kier molecular flexibility index (Phi) is 7.78. The van der Waals surface area contributed by atoms with Crippen molar-refractivity contribution in [3.05, 3.63) is 72.6 Å². The third-order valence-electron chi connectivity index (χ3n) is 7.71. The molecule has 0 bridgehead atoms. The maximum atomic E-state index is 15.6. The van der Waals surface area contributed by atoms with Crippen molar-refractivity contribution in [3.8, 4) is 39.7 Å². The number of H-pyrrole nitrogens is 1. The second-order valence-electron chi connectivity index (χ2n) is 10.9. The van der Waals surface area contributed by atoms with Gasteiger partial charge in [-0.25, -0.2) is 18.4 Å². The van der Waals surface area contributed by atoms with Gasteiger partial charge in [-0.3, -0.25) is 4.79 Å². The number of hydrogen-bond donors (Lipinski definition) is 2. The molecule has 1 fully saturated rings. The van der Waals surface area contributed by atoms with Crippen LogP contribution in [0.4, 0.5) is 22.0 Å². The summed E-state index contributed by atoms with van der Waals surface area (Å²) in [4.78, 5) is 22.0. The number of carbonyl (C=O) groups is 1. The molecule has 2 aromatic heterocycles. The summed E-state index contributed by atoms with van der Waals surface area (Å²) >= 11 is 0. The van der Waals surface area contributed by atoms with Crippen molar-refractivity contribution >= 4 is 17.0 Å². The van der Waals surface area contributed by atoms with Crippen LogP contribution in [-0.4, -0.2) is 48.1 Å². The number of carboxylic acid groups (broad SMARTS) is 1. The minimum atomic E-state index is -4.40. The fourth-order valence-electron chi connectivity index (χ4n) is 5.56. The molecule has 2 heterocycles. The zero-order chi connectivity index (χ0) is 31.0. The highest BCUT2D eigenvalue weighted by atomic mass is 19.4. The van der Waals surface area contributed by atoms with E-state index < -0.39 is 30.3 Å². The van der Waals surface area contributed by atoms with E-state index in [1.807, 2.05) is 0 Å². The van der Waals surface area contributed by atoms with Crippen LogP contribution >= 0.6 is 0 Å². The molecule has 2 N–H and O–H groups in total. The van der Waals surface area contributed by atoms with E-state index >= 15 is 8.78 Å². The first-order valence-corrected chi connectivity index (χ1v) is 14.0. The fourth-order valence-corrected chi connectivity index (χ4v) is 5.56. The van der Waals surface area contributed by atoms with Gasteiger partial charge in [-0.1, -0.05) is 48.5 Å². The number of nitrogens with zero attached hydrogens (tertiary/aromatic N) is 4. The topological polar surface area (TPSA) is 106 Å². The van der Waals surface area contributed by atoms with Crippen LogP contribution in [0.1, 0.15) is 32.1 Å². The predicted molar refractivity (Wildman–Crippen MR) is 151 cm³/mol. The van der Waals surface area contributed by atoms with Gasteiger partial charge in [0.05, 0.1) is 11.1 Å². The minimum Gasteiger partial charge on any atom is -0.481 e. The number of aromatic nitrogens is 5. The lowest BCUT2D eigenvalue weighted by Crippen LogP contribution is -2.25. The summed E-state index contributed by atoms with van der Waals surface area (Å²) in [5, 5.41) is 12.9. The third kappa shape index (κ3) is 6.41. The summed E-state index contributed by atoms with van der Waals surface area (Å²) < 4.78 is 75.2. The van der Waals surface area contributed by atoms with E-state index in [-0.39, 0.29) is 46.9 Å². The number of ether oxygens (including phenoxy) is 1. The van der Waals surface area contributed by atoms with Gasteiger partial charge >= 0.3 is 12.1 Å². The van der Waals surface area contributed by atoms with E-state index in [1.54, 1.807) is 48.5 Å². The monoisotopic (exact) mass is 611 g/mol. The van der Waals surface area contributed by atoms with Crippen LogP contribution in [0, 0.1) is 17.6 Å². The van der Waals surface area contributed by atoms with E-state index in [1.165, 1.54) is 6.07 Å². The van der Waals surface area contributed by atoms with E-state index in [0.717, 1.165) is 22.1 Å². The molecule has 0 saturated heterocycles. The summed E-state index contributed by atoms with van der Waals surface area (Å²) in [5.74, 6) is -2.16. The van der Waals surface area contributed by atoms with Crippen LogP contribution in [0.25, 0.3) is 44.7 Å². The molecule has 0 radical (unpaired) electrons. The standard InChI is InChI=1S/C31H26F5N5O3/c32-23-14-24-28(39-30(38-24)44-22-11-1-17(2-12-22)13-25(42)43)27(33)26(23)20-7-3-18(4-8-20)19-5-9-21(10-6-19)29-37-16-41(40-29)15-31(34,35)36/h3-10,14,16-17,22H,1-2,11-13,15H2,(H,38,39)(H,42,43)/t17-,22-. The van der Waals surface area contributed by atoms with Gasteiger partial charge in [0.15, 0.2) is 11.6 Å². The van der Waals surface area contributed by atoms with Crippen LogP contribution in [0.2, 0.25) is 0 Å². The molecule has 44 heavy (non-hydrogen) atoms. The Morgan fingerprint density at radius 1 is 0.955 bits per heavy atom. The van der Waals surface area contributed by atoms with Crippen molar-refractivity contribution in [2.75, 3.05) is 0 Å². The van der Waals surface area contributed by atoms with Crippen LogP contribution < -0.4 is 4.74 Å². The molecule has 0 spiro atoms. The highest BCUT2D eigenvalue weighted by molar-refractivity contribution is 5.84. The molecule has 0 amide bonds. The number of benzene rings is 3. The Morgan fingerprint density at radius 2 is 1.57 bits per heavy atom. The number of aromatic amines is 1. The van der Waals surface area contributed by atoms with Crippen LogP contribution in [0.15, 0.2) is 60.9 Å². The molecule has 1 aliphatic rings. The highest BCUT2D eigenvalue weighted by Gasteiger charge is 2.29. The van der Waals surface area contributed by atoms with Gasteiger partial charge in [0.1, 0.15) is 30.3 Å². The van der Waals surface area contributed by atoms with E-state index in [2.05, 4.69) is 20.1 Å². The molecule has 13 heteroatoms. The summed E-state index contributed by atoms with van der Waals surface area (Å²) in [6.45, 7) is -1.23. The number of imidazole rings is 1. The Balaban J connectivity index is 1.16. The minimum absolute atomic E-state index is 0.0538. The molecule has 1 aliphatic carbocycles. The number of carboxylic acids is 1. The van der Waals surface area contributed by atoms with Crippen molar-refractivity contribution in [1.82, 2.24) is 24.7 Å². The quantitative estimate of drug-likeness (QED) is 0.177. The van der Waals surface area contributed by atoms with Crippen LogP contribution in [0.3, 0.4) is 0 Å². The number of halogens is 5. The SMILES string of the molecule is O=C(O)C[C@H]1CC[C@H](Oc2nc3c(F)c(-c4ccc(-c5ccc(-c6ncn(CC(F)(F)F)n6)cc5)cc4)c(F)cc3[nH]2)CC1. The number of rotatable bonds is 8. The molecule has 0 unspecified atom stereocenters. The van der Waals surface area contributed by atoms with Gasteiger partial charge in [-0.15, -0.1) is 0 Å². The van der Waals surface area contributed by atoms with Gasteiger partial charge in [0.2, 0.25) is 0 Å². The van der Waals surface area contributed by atoms with Crippen molar-refractivity contribution < 1.29 is 36.6 Å². The first-order chi connectivity index (χ1) is 21.0. The molecule has 0 atom stereocenters. The summed E-state index contributed by atoms with van der Waals surface area (Å²) in [7, 11) is 0. The van der Waals surface area contributed by atoms with Gasteiger partial charge in [-0.05, 0) is 48.3 Å². The van der Waals surface area contributed by atoms with Crippen LogP contribution in [0.5, 0.6) is 6.01 Å². The predicted octanol–water partition coefficient (Wildman–Crippen LogP) is 7.41. The fraction of sp³-hybridized carbons (Fsp3) is 0.290. The second kappa shape index (κ2) is 11.7. The van der Waals surface area contributed by atoms with Crippen molar-refractivity contribution in [2.45, 2.75) is 50.9 Å². The summed E-state index contributed by atoms with van der Waals surface area (Å²) in [5.41, 5.74) is 2.26. The second-order valence-corrected chi connectivity index (χ2v) is 10.9. The Morgan fingerprint density at radius 3 is 2.18 bits per heavy atom. The lowest BCUT2D eigenvalue weighted by atomic mass is 9.85. The van der Waals surface area contributed by atoms with Crippen molar-refractivity contribution in [3.63, 3.8) is 0 Å². The van der Waals surface area contributed by atoms with Crippen molar-refractivity contribution in [1.29, 1.82) is 0 Å². The first-order valence-electron chi connectivity index (χ1n) is 14.0. The van der Waals surface area contributed by atoms with Gasteiger partial charge < -0.3 is 14.8 Å². The average molecular weight is 612 g/mol. The maximum Gasteiger partial charge on any atom is 0.408 e.